The van der Waals surface area contributed by atoms with Gasteiger partial charge < -0.3 is 25.1 Å². The highest BCUT2D eigenvalue weighted by atomic mass is 32.2. The number of allylic oxidation sites excluding steroid dienone is 1. The van der Waals surface area contributed by atoms with E-state index in [-0.39, 0.29) is 17.1 Å². The molecule has 2 unspecified atom stereocenters. The highest BCUT2D eigenvalue weighted by Crippen LogP contribution is 2.43. The third-order valence-corrected chi connectivity index (χ3v) is 15.2. The van der Waals surface area contributed by atoms with Gasteiger partial charge in [-0.25, -0.2) is 9.78 Å². The number of carbonyl (C=O) groups excluding carboxylic acids is 3. The summed E-state index contributed by atoms with van der Waals surface area (Å²) >= 11 is 5.60. The Morgan fingerprint density at radius 3 is 1.97 bits per heavy atom. The van der Waals surface area contributed by atoms with Crippen LogP contribution >= 0.6 is 46.2 Å². The zero-order valence-electron chi connectivity index (χ0n) is 37.7. The van der Waals surface area contributed by atoms with Crippen molar-refractivity contribution in [1.82, 2.24) is 30.3 Å². The fraction of sp³-hybridized carbons (Fsp3) is 0.173. The Kier molecular flexibility index (Phi) is 14.8. The van der Waals surface area contributed by atoms with E-state index in [1.165, 1.54) is 58.2 Å². The molecule has 0 aliphatic carbocycles. The van der Waals surface area contributed by atoms with E-state index in [4.69, 9.17) is 14.6 Å². The first kappa shape index (κ1) is 47.2. The van der Waals surface area contributed by atoms with Crippen LogP contribution in [-0.4, -0.2) is 86.9 Å². The van der Waals surface area contributed by atoms with Gasteiger partial charge in [0.05, 0.1) is 6.54 Å². The fourth-order valence-corrected chi connectivity index (χ4v) is 12.0. The summed E-state index contributed by atoms with van der Waals surface area (Å²) in [6, 6.07) is 48.3. The maximum absolute atomic E-state index is 14.6. The van der Waals surface area contributed by atoms with Crippen molar-refractivity contribution in [2.24, 2.45) is 5.16 Å². The van der Waals surface area contributed by atoms with E-state index in [1.54, 1.807) is 5.38 Å². The number of hydrogen-bond donors (Lipinski definition) is 2. The Labute approximate surface area is 416 Å². The molecule has 1 fully saturated rings. The van der Waals surface area contributed by atoms with Crippen molar-refractivity contribution in [3.05, 3.63) is 218 Å². The summed E-state index contributed by atoms with van der Waals surface area (Å²) in [6.45, 7) is 0.666. The summed E-state index contributed by atoms with van der Waals surface area (Å²) in [5, 5.41) is 23.7. The number of esters is 1. The molecule has 2 N–H and O–H groups in total. The molecule has 0 bridgehead atoms. The van der Waals surface area contributed by atoms with E-state index < -0.39 is 40.8 Å². The van der Waals surface area contributed by atoms with E-state index in [1.807, 2.05) is 146 Å². The average molecular weight is 991 g/mol. The third kappa shape index (κ3) is 10.3. The minimum atomic E-state index is -0.999. The number of fused-ring (bicyclic) bond motifs is 1. The number of nitrogens with one attached hydrogen (secondary N) is 2. The van der Waals surface area contributed by atoms with E-state index in [2.05, 4.69) is 62.4 Å². The molecule has 0 spiro atoms. The molecule has 13 nitrogen and oxygen atoms in total. The Hall–Kier alpha value is -6.89. The van der Waals surface area contributed by atoms with Gasteiger partial charge in [-0.2, -0.15) is 0 Å². The second-order valence-corrected chi connectivity index (χ2v) is 20.3. The number of ether oxygens (including phenoxy) is 1. The van der Waals surface area contributed by atoms with Crippen molar-refractivity contribution in [2.75, 3.05) is 32.3 Å². The maximum atomic E-state index is 14.6. The number of amides is 2. The topological polar surface area (TPSA) is 151 Å². The van der Waals surface area contributed by atoms with Gasteiger partial charge in [-0.3, -0.25) is 14.5 Å². The quantitative estimate of drug-likeness (QED) is 0.0211. The lowest BCUT2D eigenvalue weighted by Crippen LogP contribution is -2.71. The first-order valence-electron chi connectivity index (χ1n) is 21.8. The Balaban J connectivity index is 0.982. The van der Waals surface area contributed by atoms with Crippen molar-refractivity contribution in [3.63, 3.8) is 0 Å². The number of thioether (sulfide) groups is 2. The fourth-order valence-electron chi connectivity index (χ4n) is 8.19. The number of benzene rings is 5. The lowest BCUT2D eigenvalue weighted by molar-refractivity contribution is -0.154. The summed E-state index contributed by atoms with van der Waals surface area (Å²) < 4.78 is 7.10. The van der Waals surface area contributed by atoms with Gasteiger partial charge in [0.2, 0.25) is 0 Å². The molecule has 0 saturated carbocycles. The number of oxime groups is 1. The smallest absolute Gasteiger partial charge is 0.356 e. The van der Waals surface area contributed by atoms with E-state index in [0.29, 0.717) is 23.0 Å². The Morgan fingerprint density at radius 2 is 1.42 bits per heavy atom. The first-order valence-corrected chi connectivity index (χ1v) is 25.5. The number of carbonyl (C=O) groups is 3. The molecule has 2 amide bonds. The second-order valence-electron chi connectivity index (χ2n) is 16.1. The van der Waals surface area contributed by atoms with Crippen LogP contribution in [0.5, 0.6) is 0 Å². The molecule has 348 valence electrons. The molecule has 2 atom stereocenters. The van der Waals surface area contributed by atoms with Gasteiger partial charge >= 0.3 is 5.97 Å². The van der Waals surface area contributed by atoms with Crippen LogP contribution in [-0.2, 0) is 36.0 Å². The minimum Gasteiger partial charge on any atom is -0.448 e. The lowest BCUT2D eigenvalue weighted by Gasteiger charge is -2.49. The van der Waals surface area contributed by atoms with Crippen LogP contribution in [0.2, 0.25) is 0 Å². The standard InChI is InChI=1S/C52H46N8O5S4/c1-59(2)31-41-56-57-51(69-41)66-30-29-36-32-67-48-43(47(62)60(48)44(36)49(63)65-45(34-19-9-4-10-20-34)35-21-11-5-12-22-35)54-46(61)42(58-64-3)40-33-68-50(53-40)55-52(37-23-13-6-14-24-37,38-25-15-7-16-26-38)39-27-17-8-18-28-39/h4-30,33,43,45,48H,31-32H2,1-3H3,(H,53,55)(H,54,61)/b30-29+,58-42+. The molecule has 2 aliphatic rings. The molecule has 9 rings (SSSR count). The normalized spacial score (nSPS) is 16.1. The van der Waals surface area contributed by atoms with Gasteiger partial charge in [-0.15, -0.1) is 33.3 Å². The van der Waals surface area contributed by atoms with E-state index in [9.17, 15) is 14.4 Å². The Bertz CT molecular complexity index is 2850. The monoisotopic (exact) mass is 990 g/mol. The molecule has 1 saturated heterocycles. The molecule has 4 heterocycles. The molecular weight excluding hydrogens is 945 g/mol. The SMILES string of the molecule is CO/N=C(/C(=O)NC1C(=O)N2C(C(=O)OC(c3ccccc3)c3ccccc3)=C(/C=C/Sc3nnc(CN(C)C)s3)CSC12)c1csc(NC(c2ccccc2)(c2ccccc2)c2ccccc2)n1. The number of β-lactam (4-membered cyclic amide) rings is 1. The highest BCUT2D eigenvalue weighted by molar-refractivity contribution is 8.03. The van der Waals surface area contributed by atoms with Gasteiger partial charge in [0.15, 0.2) is 21.3 Å². The summed E-state index contributed by atoms with van der Waals surface area (Å²) in [5.41, 5.74) is 4.45. The summed E-state index contributed by atoms with van der Waals surface area (Å²) in [7, 11) is 5.29. The number of nitrogens with zero attached hydrogens (tertiary/aromatic N) is 6. The number of aromatic nitrogens is 3. The molecule has 0 radical (unpaired) electrons. The number of hydrogen-bond acceptors (Lipinski definition) is 15. The largest absolute Gasteiger partial charge is 0.448 e. The summed E-state index contributed by atoms with van der Waals surface area (Å²) in [5.74, 6) is -1.47. The van der Waals surface area contributed by atoms with Crippen LogP contribution in [0, 0.1) is 0 Å². The van der Waals surface area contributed by atoms with E-state index in [0.717, 1.165) is 37.2 Å². The van der Waals surface area contributed by atoms with Gasteiger partial charge in [0.25, 0.3) is 11.8 Å². The van der Waals surface area contributed by atoms with Crippen molar-refractivity contribution >= 4 is 74.8 Å². The van der Waals surface area contributed by atoms with Gasteiger partial charge in [-0.1, -0.05) is 180 Å². The van der Waals surface area contributed by atoms with Crippen molar-refractivity contribution in [2.45, 2.75) is 33.9 Å². The third-order valence-electron chi connectivity index (χ3n) is 11.3. The van der Waals surface area contributed by atoms with Gasteiger partial charge in [0, 0.05) is 11.1 Å². The molecule has 17 heteroatoms. The summed E-state index contributed by atoms with van der Waals surface area (Å²) in [6.07, 6.45) is 1.06. The predicted octanol–water partition coefficient (Wildman–Crippen LogP) is 9.10. The highest BCUT2D eigenvalue weighted by Gasteiger charge is 2.55. The number of rotatable bonds is 18. The zero-order valence-corrected chi connectivity index (χ0v) is 40.9. The molecule has 5 aromatic carbocycles. The van der Waals surface area contributed by atoms with Crippen LogP contribution < -0.4 is 10.6 Å². The number of thiazole rings is 1. The maximum Gasteiger partial charge on any atom is 0.356 e. The van der Waals surface area contributed by atoms with Crippen LogP contribution in [0.4, 0.5) is 5.13 Å². The second kappa shape index (κ2) is 21.6. The van der Waals surface area contributed by atoms with Crippen molar-refractivity contribution in [1.29, 1.82) is 0 Å². The Morgan fingerprint density at radius 1 is 0.855 bits per heavy atom. The molecule has 69 heavy (non-hydrogen) atoms. The molecular formula is C52H46N8O5S4. The minimum absolute atomic E-state index is 0.105. The van der Waals surface area contributed by atoms with Gasteiger partial charge in [0.1, 0.15) is 40.5 Å². The molecule has 7 aromatic rings. The summed E-state index contributed by atoms with van der Waals surface area (Å²) in [4.78, 5) is 56.9. The van der Waals surface area contributed by atoms with Crippen LogP contribution in [0.15, 0.2) is 189 Å². The van der Waals surface area contributed by atoms with Crippen molar-refractivity contribution in [3.8, 4) is 0 Å². The van der Waals surface area contributed by atoms with Crippen LogP contribution in [0.3, 0.4) is 0 Å². The van der Waals surface area contributed by atoms with Gasteiger partial charge in [-0.05, 0) is 59.0 Å². The molecule has 2 aliphatic heterocycles. The van der Waals surface area contributed by atoms with E-state index >= 15 is 0 Å². The van der Waals surface area contributed by atoms with Crippen LogP contribution in [0.25, 0.3) is 0 Å². The number of anilines is 1. The zero-order chi connectivity index (χ0) is 47.7. The first-order chi connectivity index (χ1) is 33.7. The predicted molar refractivity (Wildman–Crippen MR) is 274 cm³/mol. The molecule has 2 aromatic heterocycles. The van der Waals surface area contributed by atoms with Crippen LogP contribution in [0.1, 0.15) is 44.6 Å². The lowest BCUT2D eigenvalue weighted by atomic mass is 9.77. The average Bonchev–Trinajstić information content (AvgIpc) is 4.05. The van der Waals surface area contributed by atoms with Crippen molar-refractivity contribution < 1.29 is 24.0 Å².